The number of hydrogen-bond acceptors (Lipinski definition) is 4. The number of aromatic nitrogens is 3. The summed E-state index contributed by atoms with van der Waals surface area (Å²) in [6, 6.07) is 6.02. The van der Waals surface area contributed by atoms with Crippen LogP contribution >= 0.6 is 0 Å². The Morgan fingerprint density at radius 2 is 1.85 bits per heavy atom. The molecule has 1 fully saturated rings. The molecule has 1 aliphatic rings. The third-order valence-electron chi connectivity index (χ3n) is 3.69. The van der Waals surface area contributed by atoms with Gasteiger partial charge in [0, 0.05) is 42.8 Å². The normalized spacial score (nSPS) is 15.9. The molecule has 0 radical (unpaired) electrons. The van der Waals surface area contributed by atoms with Crippen LogP contribution in [0.4, 0.5) is 5.82 Å². The highest BCUT2D eigenvalue weighted by molar-refractivity contribution is 5.56. The molecule has 0 aromatic carbocycles. The zero-order chi connectivity index (χ0) is 13.8. The van der Waals surface area contributed by atoms with Gasteiger partial charge in [-0.05, 0) is 31.9 Å². The molecule has 20 heavy (non-hydrogen) atoms. The van der Waals surface area contributed by atoms with Crippen LogP contribution in [0.25, 0.3) is 11.4 Å². The average Bonchev–Trinajstić information content (AvgIpc) is 2.77. The number of hydrogen-bond donors (Lipinski definition) is 0. The number of aryl methyl sites for hydroxylation is 1. The summed E-state index contributed by atoms with van der Waals surface area (Å²) in [6.45, 7) is 4.23. The van der Waals surface area contributed by atoms with Gasteiger partial charge in [0.1, 0.15) is 5.82 Å². The Labute approximate surface area is 119 Å². The first-order valence-corrected chi connectivity index (χ1v) is 7.34. The van der Waals surface area contributed by atoms with Crippen molar-refractivity contribution in [1.29, 1.82) is 0 Å². The molecular weight excluding hydrogens is 248 g/mol. The van der Waals surface area contributed by atoms with E-state index in [1.165, 1.54) is 25.7 Å². The molecule has 4 nitrogen and oxygen atoms in total. The molecule has 3 heterocycles. The third kappa shape index (κ3) is 2.95. The predicted octanol–water partition coefficient (Wildman–Crippen LogP) is 3.23. The Balaban J connectivity index is 1.94. The summed E-state index contributed by atoms with van der Waals surface area (Å²) in [6.07, 6.45) is 8.76. The largest absolute Gasteiger partial charge is 0.356 e. The van der Waals surface area contributed by atoms with Gasteiger partial charge in [0.25, 0.3) is 0 Å². The number of nitrogens with zero attached hydrogens (tertiary/aromatic N) is 4. The van der Waals surface area contributed by atoms with Gasteiger partial charge in [0.2, 0.25) is 0 Å². The predicted molar refractivity (Wildman–Crippen MR) is 80.7 cm³/mol. The second-order valence-corrected chi connectivity index (χ2v) is 5.33. The lowest BCUT2D eigenvalue weighted by molar-refractivity contribution is 0.726. The lowest BCUT2D eigenvalue weighted by Gasteiger charge is -2.22. The molecule has 4 heteroatoms. The summed E-state index contributed by atoms with van der Waals surface area (Å²) in [7, 11) is 0. The zero-order valence-electron chi connectivity index (χ0n) is 11.9. The number of anilines is 1. The molecule has 0 spiro atoms. The molecule has 0 bridgehead atoms. The van der Waals surface area contributed by atoms with Gasteiger partial charge in [-0.25, -0.2) is 9.97 Å². The van der Waals surface area contributed by atoms with Crippen molar-refractivity contribution in [3.63, 3.8) is 0 Å². The topological polar surface area (TPSA) is 41.9 Å². The maximum atomic E-state index is 4.74. The van der Waals surface area contributed by atoms with Gasteiger partial charge in [-0.3, -0.25) is 4.98 Å². The van der Waals surface area contributed by atoms with Gasteiger partial charge in [0.15, 0.2) is 5.82 Å². The molecule has 0 aliphatic carbocycles. The first-order valence-electron chi connectivity index (χ1n) is 7.34. The van der Waals surface area contributed by atoms with Crippen molar-refractivity contribution in [1.82, 2.24) is 15.0 Å². The molecule has 104 valence electrons. The summed E-state index contributed by atoms with van der Waals surface area (Å²) in [5.41, 5.74) is 1.99. The highest BCUT2D eigenvalue weighted by Crippen LogP contribution is 2.21. The molecule has 0 unspecified atom stereocenters. The van der Waals surface area contributed by atoms with E-state index in [-0.39, 0.29) is 0 Å². The molecule has 1 aliphatic heterocycles. The minimum atomic E-state index is 0.775. The van der Waals surface area contributed by atoms with Crippen LogP contribution in [0, 0.1) is 6.92 Å². The van der Waals surface area contributed by atoms with Gasteiger partial charge in [-0.2, -0.15) is 0 Å². The lowest BCUT2D eigenvalue weighted by atomic mass is 10.2. The quantitative estimate of drug-likeness (QED) is 0.838. The molecule has 0 N–H and O–H groups in total. The van der Waals surface area contributed by atoms with Crippen LogP contribution in [0.3, 0.4) is 0 Å². The lowest BCUT2D eigenvalue weighted by Crippen LogP contribution is -2.25. The Morgan fingerprint density at radius 3 is 2.55 bits per heavy atom. The minimum absolute atomic E-state index is 0.775. The van der Waals surface area contributed by atoms with Crippen LogP contribution in [0.2, 0.25) is 0 Å². The average molecular weight is 268 g/mol. The van der Waals surface area contributed by atoms with Crippen molar-refractivity contribution in [3.05, 3.63) is 36.3 Å². The van der Waals surface area contributed by atoms with Crippen molar-refractivity contribution >= 4 is 5.82 Å². The van der Waals surface area contributed by atoms with Crippen LogP contribution in [0.1, 0.15) is 31.4 Å². The van der Waals surface area contributed by atoms with Gasteiger partial charge in [-0.1, -0.05) is 12.8 Å². The fourth-order valence-electron chi connectivity index (χ4n) is 2.64. The van der Waals surface area contributed by atoms with Gasteiger partial charge in [0.05, 0.1) is 0 Å². The van der Waals surface area contributed by atoms with Crippen LogP contribution in [-0.2, 0) is 0 Å². The maximum absolute atomic E-state index is 4.74. The standard InChI is InChI=1S/C16H20N4/c1-13-11-15(20-9-4-2-3-5-10-20)19-16(18-13)14-7-6-8-17-12-14/h6-8,11-12H,2-5,9-10H2,1H3. The summed E-state index contributed by atoms with van der Waals surface area (Å²) in [5, 5.41) is 0. The highest BCUT2D eigenvalue weighted by Gasteiger charge is 2.13. The maximum Gasteiger partial charge on any atom is 0.163 e. The highest BCUT2D eigenvalue weighted by atomic mass is 15.2. The Kier molecular flexibility index (Phi) is 3.90. The van der Waals surface area contributed by atoms with Crippen molar-refractivity contribution in [2.75, 3.05) is 18.0 Å². The molecule has 1 saturated heterocycles. The van der Waals surface area contributed by atoms with Crippen molar-refractivity contribution in [2.24, 2.45) is 0 Å². The van der Waals surface area contributed by atoms with E-state index in [2.05, 4.69) is 20.9 Å². The van der Waals surface area contributed by atoms with E-state index in [4.69, 9.17) is 4.98 Å². The van der Waals surface area contributed by atoms with E-state index in [0.717, 1.165) is 36.0 Å². The molecule has 0 atom stereocenters. The summed E-state index contributed by atoms with van der Waals surface area (Å²) < 4.78 is 0. The fraction of sp³-hybridized carbons (Fsp3) is 0.438. The van der Waals surface area contributed by atoms with E-state index < -0.39 is 0 Å². The second-order valence-electron chi connectivity index (χ2n) is 5.33. The van der Waals surface area contributed by atoms with Crippen molar-refractivity contribution in [2.45, 2.75) is 32.6 Å². The van der Waals surface area contributed by atoms with Crippen molar-refractivity contribution < 1.29 is 0 Å². The Bertz CT molecular complexity index is 560. The molecular formula is C16H20N4. The number of pyridine rings is 1. The molecule has 0 saturated carbocycles. The summed E-state index contributed by atoms with van der Waals surface area (Å²) >= 11 is 0. The molecule has 0 amide bonds. The van der Waals surface area contributed by atoms with E-state index in [9.17, 15) is 0 Å². The van der Waals surface area contributed by atoms with Crippen molar-refractivity contribution in [3.8, 4) is 11.4 Å². The molecule has 2 aromatic rings. The Hall–Kier alpha value is -1.97. The van der Waals surface area contributed by atoms with Crippen LogP contribution in [0.15, 0.2) is 30.6 Å². The first kappa shape index (κ1) is 13.0. The Morgan fingerprint density at radius 1 is 1.05 bits per heavy atom. The monoisotopic (exact) mass is 268 g/mol. The zero-order valence-corrected chi connectivity index (χ0v) is 11.9. The van der Waals surface area contributed by atoms with Crippen LogP contribution in [-0.4, -0.2) is 28.0 Å². The SMILES string of the molecule is Cc1cc(N2CCCCCC2)nc(-c2cccnc2)n1. The number of rotatable bonds is 2. The third-order valence-corrected chi connectivity index (χ3v) is 3.69. The van der Waals surface area contributed by atoms with E-state index in [1.807, 2.05) is 25.3 Å². The summed E-state index contributed by atoms with van der Waals surface area (Å²) in [4.78, 5) is 15.8. The second kappa shape index (κ2) is 5.99. The first-order chi connectivity index (χ1) is 9.83. The van der Waals surface area contributed by atoms with E-state index in [1.54, 1.807) is 6.20 Å². The van der Waals surface area contributed by atoms with Crippen LogP contribution < -0.4 is 4.90 Å². The van der Waals surface area contributed by atoms with Gasteiger partial charge < -0.3 is 4.90 Å². The van der Waals surface area contributed by atoms with Crippen LogP contribution in [0.5, 0.6) is 0 Å². The molecule has 2 aromatic heterocycles. The van der Waals surface area contributed by atoms with Gasteiger partial charge >= 0.3 is 0 Å². The molecule has 3 rings (SSSR count). The van der Waals surface area contributed by atoms with Gasteiger partial charge in [-0.15, -0.1) is 0 Å². The minimum Gasteiger partial charge on any atom is -0.356 e. The smallest absolute Gasteiger partial charge is 0.163 e. The van der Waals surface area contributed by atoms with E-state index >= 15 is 0 Å². The van der Waals surface area contributed by atoms with E-state index in [0.29, 0.717) is 0 Å². The summed E-state index contributed by atoms with van der Waals surface area (Å²) in [5.74, 6) is 1.83. The fourth-order valence-corrected chi connectivity index (χ4v) is 2.64.